The maximum atomic E-state index is 13.4. The molecule has 150 valence electrons. The van der Waals surface area contributed by atoms with Gasteiger partial charge in [-0.3, -0.25) is 19.1 Å². The van der Waals surface area contributed by atoms with Gasteiger partial charge in [0.05, 0.1) is 6.54 Å². The standard InChI is InChI=1S/C20H25FN4O3/c1-14(2)9-25-19(27)18(26)24-13-20(28-11-17(24)22-25)6-7-23(12-20)10-15-4-3-5-16(21)8-15/h3-5,8,14H,6-7,9-13H2,1-2H3. The van der Waals surface area contributed by atoms with Gasteiger partial charge < -0.3 is 4.74 Å². The van der Waals surface area contributed by atoms with Crippen LogP contribution in [0, 0.1) is 11.7 Å². The summed E-state index contributed by atoms with van der Waals surface area (Å²) >= 11 is 0. The topological polar surface area (TPSA) is 69.4 Å². The molecule has 1 atom stereocenters. The molecule has 0 radical (unpaired) electrons. The summed E-state index contributed by atoms with van der Waals surface area (Å²) in [6.07, 6.45) is 0.753. The van der Waals surface area contributed by atoms with E-state index < -0.39 is 16.7 Å². The highest BCUT2D eigenvalue weighted by Gasteiger charge is 2.43. The molecule has 2 aromatic rings. The number of likely N-dealkylation sites (tertiary alicyclic amines) is 1. The molecule has 1 aromatic carbocycles. The summed E-state index contributed by atoms with van der Waals surface area (Å²) in [5.41, 5.74) is -0.715. The molecule has 2 aliphatic heterocycles. The quantitative estimate of drug-likeness (QED) is 0.740. The van der Waals surface area contributed by atoms with Crippen molar-refractivity contribution in [2.24, 2.45) is 5.92 Å². The Kier molecular flexibility index (Phi) is 4.93. The van der Waals surface area contributed by atoms with E-state index in [0.717, 1.165) is 18.5 Å². The van der Waals surface area contributed by atoms with Gasteiger partial charge in [-0.1, -0.05) is 26.0 Å². The lowest BCUT2D eigenvalue weighted by molar-refractivity contribution is -0.0859. The molecule has 1 fully saturated rings. The minimum Gasteiger partial charge on any atom is -0.364 e. The Morgan fingerprint density at radius 3 is 2.82 bits per heavy atom. The molecule has 0 saturated carbocycles. The van der Waals surface area contributed by atoms with Crippen LogP contribution in [0.4, 0.5) is 4.39 Å². The van der Waals surface area contributed by atoms with Crippen LogP contribution in [0.2, 0.25) is 0 Å². The molecule has 7 nitrogen and oxygen atoms in total. The Labute approximate surface area is 162 Å². The van der Waals surface area contributed by atoms with E-state index in [9.17, 15) is 14.0 Å². The second kappa shape index (κ2) is 7.25. The molecule has 1 unspecified atom stereocenters. The van der Waals surface area contributed by atoms with Crippen LogP contribution in [0.5, 0.6) is 0 Å². The second-order valence-corrected chi connectivity index (χ2v) is 8.25. The van der Waals surface area contributed by atoms with Crippen LogP contribution in [0.25, 0.3) is 0 Å². The summed E-state index contributed by atoms with van der Waals surface area (Å²) < 4.78 is 22.3. The molecular formula is C20H25FN4O3. The lowest BCUT2D eigenvalue weighted by Crippen LogP contribution is -2.53. The van der Waals surface area contributed by atoms with Gasteiger partial charge in [0, 0.05) is 26.2 Å². The van der Waals surface area contributed by atoms with E-state index >= 15 is 0 Å². The fourth-order valence-corrected chi connectivity index (χ4v) is 4.08. The lowest BCUT2D eigenvalue weighted by atomic mass is 10.0. The first-order chi connectivity index (χ1) is 13.3. The third-order valence-corrected chi connectivity index (χ3v) is 5.39. The van der Waals surface area contributed by atoms with Crippen molar-refractivity contribution in [3.05, 3.63) is 62.2 Å². The predicted octanol–water partition coefficient (Wildman–Crippen LogP) is 1.37. The van der Waals surface area contributed by atoms with Crippen LogP contribution < -0.4 is 11.1 Å². The molecule has 28 heavy (non-hydrogen) atoms. The highest BCUT2D eigenvalue weighted by atomic mass is 19.1. The zero-order valence-electron chi connectivity index (χ0n) is 16.2. The number of nitrogens with zero attached hydrogens (tertiary/aromatic N) is 4. The van der Waals surface area contributed by atoms with Crippen LogP contribution in [0.3, 0.4) is 0 Å². The van der Waals surface area contributed by atoms with Crippen molar-refractivity contribution in [3.8, 4) is 0 Å². The van der Waals surface area contributed by atoms with Crippen LogP contribution in [0.15, 0.2) is 33.9 Å². The summed E-state index contributed by atoms with van der Waals surface area (Å²) in [5.74, 6) is 0.471. The smallest absolute Gasteiger partial charge is 0.332 e. The van der Waals surface area contributed by atoms with Gasteiger partial charge in [-0.05, 0) is 30.0 Å². The lowest BCUT2D eigenvalue weighted by Gasteiger charge is -2.35. The van der Waals surface area contributed by atoms with Crippen LogP contribution >= 0.6 is 0 Å². The molecule has 8 heteroatoms. The largest absolute Gasteiger partial charge is 0.364 e. The van der Waals surface area contributed by atoms with E-state index in [1.165, 1.54) is 21.4 Å². The number of fused-ring (bicyclic) bond motifs is 1. The molecule has 0 N–H and O–H groups in total. The normalized spacial score (nSPS) is 22.1. The van der Waals surface area contributed by atoms with Gasteiger partial charge in [-0.25, -0.2) is 9.07 Å². The fraction of sp³-hybridized carbons (Fsp3) is 0.550. The van der Waals surface area contributed by atoms with Crippen LogP contribution in [0.1, 0.15) is 31.7 Å². The van der Waals surface area contributed by atoms with Crippen molar-refractivity contribution >= 4 is 0 Å². The number of aromatic nitrogens is 3. The predicted molar refractivity (Wildman–Crippen MR) is 101 cm³/mol. The SMILES string of the molecule is CC(C)Cn1nc2n(c(=O)c1=O)CC1(CCN(Cc3cccc(F)c3)C1)OC2. The summed E-state index contributed by atoms with van der Waals surface area (Å²) in [5, 5.41) is 4.35. The average molecular weight is 388 g/mol. The maximum absolute atomic E-state index is 13.4. The van der Waals surface area contributed by atoms with Gasteiger partial charge in [0.25, 0.3) is 0 Å². The van der Waals surface area contributed by atoms with E-state index in [-0.39, 0.29) is 18.3 Å². The first-order valence-electron chi connectivity index (χ1n) is 9.67. The first kappa shape index (κ1) is 19.0. The molecule has 3 heterocycles. The van der Waals surface area contributed by atoms with Gasteiger partial charge in [0.15, 0.2) is 5.82 Å². The monoisotopic (exact) mass is 388 g/mol. The number of halogens is 1. The molecule has 1 aromatic heterocycles. The molecule has 4 rings (SSSR count). The van der Waals surface area contributed by atoms with Crippen molar-refractivity contribution < 1.29 is 9.13 Å². The third-order valence-electron chi connectivity index (χ3n) is 5.39. The highest BCUT2D eigenvalue weighted by molar-refractivity contribution is 5.16. The van der Waals surface area contributed by atoms with Crippen molar-refractivity contribution in [2.75, 3.05) is 13.1 Å². The van der Waals surface area contributed by atoms with Crippen LogP contribution in [-0.4, -0.2) is 37.9 Å². The summed E-state index contributed by atoms with van der Waals surface area (Å²) in [6.45, 7) is 6.94. The summed E-state index contributed by atoms with van der Waals surface area (Å²) in [6, 6.07) is 6.57. The van der Waals surface area contributed by atoms with Gasteiger partial charge >= 0.3 is 11.1 Å². The number of ether oxygens (including phenoxy) is 1. The van der Waals surface area contributed by atoms with E-state index in [4.69, 9.17) is 4.74 Å². The maximum Gasteiger partial charge on any atom is 0.332 e. The van der Waals surface area contributed by atoms with E-state index in [1.54, 1.807) is 6.07 Å². The van der Waals surface area contributed by atoms with Gasteiger partial charge in [-0.2, -0.15) is 5.10 Å². The molecule has 2 aliphatic rings. The third kappa shape index (κ3) is 3.66. The molecule has 0 aliphatic carbocycles. The number of benzene rings is 1. The number of hydrogen-bond donors (Lipinski definition) is 0. The first-order valence-corrected chi connectivity index (χ1v) is 9.67. The summed E-state index contributed by atoms with van der Waals surface area (Å²) in [7, 11) is 0. The van der Waals surface area contributed by atoms with Crippen molar-refractivity contribution in [1.82, 2.24) is 19.2 Å². The number of rotatable bonds is 4. The molecule has 1 saturated heterocycles. The van der Waals surface area contributed by atoms with Gasteiger partial charge in [0.2, 0.25) is 0 Å². The molecular weight excluding hydrogens is 363 g/mol. The molecule has 1 spiro atoms. The fourth-order valence-electron chi connectivity index (χ4n) is 4.08. The minimum atomic E-state index is -0.580. The Morgan fingerprint density at radius 2 is 2.07 bits per heavy atom. The van der Waals surface area contributed by atoms with Crippen molar-refractivity contribution in [3.63, 3.8) is 0 Å². The minimum absolute atomic E-state index is 0.210. The molecule has 0 amide bonds. The Bertz CT molecular complexity index is 1000. The van der Waals surface area contributed by atoms with Gasteiger partial charge in [0.1, 0.15) is 18.0 Å². The Balaban J connectivity index is 1.53. The van der Waals surface area contributed by atoms with Crippen molar-refractivity contribution in [2.45, 2.75) is 52.1 Å². The van der Waals surface area contributed by atoms with E-state index in [0.29, 0.717) is 32.0 Å². The zero-order chi connectivity index (χ0) is 19.9. The van der Waals surface area contributed by atoms with Crippen molar-refractivity contribution in [1.29, 1.82) is 0 Å². The zero-order valence-corrected chi connectivity index (χ0v) is 16.2. The number of hydrogen-bond acceptors (Lipinski definition) is 5. The highest BCUT2D eigenvalue weighted by Crippen LogP contribution is 2.31. The van der Waals surface area contributed by atoms with Gasteiger partial charge in [-0.15, -0.1) is 0 Å². The average Bonchev–Trinajstić information content (AvgIpc) is 3.02. The van der Waals surface area contributed by atoms with E-state index in [1.807, 2.05) is 19.9 Å². The summed E-state index contributed by atoms with van der Waals surface area (Å²) in [4.78, 5) is 27.2. The van der Waals surface area contributed by atoms with Crippen LogP contribution in [-0.2, 0) is 31.0 Å². The Morgan fingerprint density at radius 1 is 1.25 bits per heavy atom. The second-order valence-electron chi connectivity index (χ2n) is 8.25. The van der Waals surface area contributed by atoms with E-state index in [2.05, 4.69) is 10.00 Å². The Hall–Kier alpha value is -2.32. The molecule has 0 bridgehead atoms.